The smallest absolute Gasteiger partial charge is 0.141 e. The first-order valence-electron chi connectivity index (χ1n) is 10.5. The van der Waals surface area contributed by atoms with Crippen LogP contribution in [0.25, 0.3) is 22.4 Å². The summed E-state index contributed by atoms with van der Waals surface area (Å²) in [6, 6.07) is 17.3. The largest absolute Gasteiger partial charge is 0.330 e. The van der Waals surface area contributed by atoms with E-state index < -0.39 is 0 Å². The molecule has 0 saturated carbocycles. The number of piperazine rings is 1. The number of fused-ring (bicyclic) bond motifs is 1. The summed E-state index contributed by atoms with van der Waals surface area (Å²) in [5, 5.41) is 0. The Bertz CT molecular complexity index is 891. The summed E-state index contributed by atoms with van der Waals surface area (Å²) in [5.41, 5.74) is 10.5. The molecule has 2 aromatic carbocycles. The second kappa shape index (κ2) is 8.86. The van der Waals surface area contributed by atoms with E-state index in [0.29, 0.717) is 6.54 Å². The number of aryl methyl sites for hydroxylation is 1. The summed E-state index contributed by atoms with van der Waals surface area (Å²) in [4.78, 5) is 9.98. The minimum atomic E-state index is 0.691. The van der Waals surface area contributed by atoms with Gasteiger partial charge in [-0.25, -0.2) is 4.98 Å². The van der Waals surface area contributed by atoms with Gasteiger partial charge in [0.25, 0.3) is 0 Å². The van der Waals surface area contributed by atoms with Gasteiger partial charge >= 0.3 is 0 Å². The normalized spacial score (nSPS) is 16.1. The van der Waals surface area contributed by atoms with Crippen LogP contribution in [0.3, 0.4) is 0 Å². The molecule has 4 rings (SSSR count). The van der Waals surface area contributed by atoms with E-state index in [9.17, 15) is 0 Å². The highest BCUT2D eigenvalue weighted by Gasteiger charge is 2.16. The molecule has 28 heavy (non-hydrogen) atoms. The van der Waals surface area contributed by atoms with E-state index in [1.807, 2.05) is 6.07 Å². The second-order valence-electron chi connectivity index (χ2n) is 7.63. The third-order valence-electron chi connectivity index (χ3n) is 5.77. The average Bonchev–Trinajstić information content (AvgIpc) is 3.12. The Labute approximate surface area is 167 Å². The lowest BCUT2D eigenvalue weighted by atomic mass is 10.1. The fourth-order valence-corrected chi connectivity index (χ4v) is 4.05. The van der Waals surface area contributed by atoms with Crippen molar-refractivity contribution in [3.63, 3.8) is 0 Å². The van der Waals surface area contributed by atoms with Crippen LogP contribution in [-0.2, 0) is 13.1 Å². The summed E-state index contributed by atoms with van der Waals surface area (Å²) >= 11 is 0. The lowest BCUT2D eigenvalue weighted by Gasteiger charge is -2.34. The van der Waals surface area contributed by atoms with Crippen molar-refractivity contribution in [2.24, 2.45) is 5.73 Å². The van der Waals surface area contributed by atoms with Crippen molar-refractivity contribution in [1.82, 2.24) is 19.4 Å². The van der Waals surface area contributed by atoms with Crippen LogP contribution in [0.1, 0.15) is 18.9 Å². The minimum absolute atomic E-state index is 0.691. The molecule has 2 heterocycles. The predicted molar refractivity (Wildman–Crippen MR) is 116 cm³/mol. The van der Waals surface area contributed by atoms with Gasteiger partial charge in [0.2, 0.25) is 0 Å². The molecule has 5 heteroatoms. The fraction of sp³-hybridized carbons (Fsp3) is 0.435. The number of benzene rings is 2. The van der Waals surface area contributed by atoms with Crippen LogP contribution >= 0.6 is 0 Å². The van der Waals surface area contributed by atoms with Gasteiger partial charge in [-0.2, -0.15) is 0 Å². The fourth-order valence-electron chi connectivity index (χ4n) is 4.05. The van der Waals surface area contributed by atoms with Crippen molar-refractivity contribution in [3.8, 4) is 11.4 Å². The zero-order chi connectivity index (χ0) is 19.3. The zero-order valence-electron chi connectivity index (χ0n) is 16.8. The molecule has 1 aliphatic heterocycles. The van der Waals surface area contributed by atoms with E-state index in [1.165, 1.54) is 29.7 Å². The van der Waals surface area contributed by atoms with Gasteiger partial charge in [0.1, 0.15) is 5.82 Å². The molecule has 0 spiro atoms. The van der Waals surface area contributed by atoms with Gasteiger partial charge in [-0.1, -0.05) is 43.3 Å². The first-order chi connectivity index (χ1) is 13.8. The highest BCUT2D eigenvalue weighted by molar-refractivity contribution is 5.80. The number of aromatic nitrogens is 2. The van der Waals surface area contributed by atoms with Crippen molar-refractivity contribution in [1.29, 1.82) is 0 Å². The number of nitrogens with two attached hydrogens (primary N) is 1. The van der Waals surface area contributed by atoms with Crippen molar-refractivity contribution in [3.05, 3.63) is 54.1 Å². The molecule has 2 N–H and O–H groups in total. The van der Waals surface area contributed by atoms with Crippen LogP contribution in [0.5, 0.6) is 0 Å². The molecule has 0 unspecified atom stereocenters. The van der Waals surface area contributed by atoms with E-state index in [1.54, 1.807) is 0 Å². The molecule has 1 fully saturated rings. The second-order valence-corrected chi connectivity index (χ2v) is 7.63. The number of para-hydroxylation sites is 2. The molecule has 148 valence electrons. The first-order valence-corrected chi connectivity index (χ1v) is 10.5. The maximum absolute atomic E-state index is 5.76. The molecule has 0 bridgehead atoms. The SMILES string of the molecule is CCN1CCN(Cc2ccc(-c3nc4ccccc4n3CCCN)cc2)CC1. The van der Waals surface area contributed by atoms with Crippen LogP contribution < -0.4 is 5.73 Å². The number of hydrogen-bond acceptors (Lipinski definition) is 4. The average molecular weight is 378 g/mol. The van der Waals surface area contributed by atoms with Gasteiger partial charge in [0, 0.05) is 44.8 Å². The number of nitrogens with zero attached hydrogens (tertiary/aromatic N) is 4. The van der Waals surface area contributed by atoms with Crippen LogP contribution in [0.15, 0.2) is 48.5 Å². The zero-order valence-corrected chi connectivity index (χ0v) is 16.8. The molecular formula is C23H31N5. The van der Waals surface area contributed by atoms with Crippen LogP contribution in [0.4, 0.5) is 0 Å². The molecule has 5 nitrogen and oxygen atoms in total. The van der Waals surface area contributed by atoms with Crippen LogP contribution in [0, 0.1) is 0 Å². The van der Waals surface area contributed by atoms with Crippen LogP contribution in [0.2, 0.25) is 0 Å². The van der Waals surface area contributed by atoms with Gasteiger partial charge in [0.05, 0.1) is 11.0 Å². The van der Waals surface area contributed by atoms with Crippen LogP contribution in [-0.4, -0.2) is 58.6 Å². The molecule has 0 amide bonds. The Morgan fingerprint density at radius 1 is 0.929 bits per heavy atom. The van der Waals surface area contributed by atoms with Gasteiger partial charge in [0.15, 0.2) is 0 Å². The summed E-state index contributed by atoms with van der Waals surface area (Å²) in [6.07, 6.45) is 0.954. The van der Waals surface area contributed by atoms with Gasteiger partial charge in [-0.15, -0.1) is 0 Å². The molecular weight excluding hydrogens is 346 g/mol. The maximum Gasteiger partial charge on any atom is 0.141 e. The van der Waals surface area contributed by atoms with E-state index in [2.05, 4.69) is 63.8 Å². The predicted octanol–water partition coefficient (Wildman–Crippen LogP) is 3.19. The number of rotatable bonds is 7. The van der Waals surface area contributed by atoms with Gasteiger partial charge < -0.3 is 15.2 Å². The lowest BCUT2D eigenvalue weighted by Crippen LogP contribution is -2.45. The van der Waals surface area contributed by atoms with Gasteiger partial charge in [-0.3, -0.25) is 4.90 Å². The topological polar surface area (TPSA) is 50.3 Å². The van der Waals surface area contributed by atoms with Crippen molar-refractivity contribution in [2.75, 3.05) is 39.3 Å². The third-order valence-corrected chi connectivity index (χ3v) is 5.77. The molecule has 0 aliphatic carbocycles. The standard InChI is InChI=1S/C23H31N5/c1-2-26-14-16-27(17-15-26)18-19-8-10-20(11-9-19)23-25-21-6-3-4-7-22(21)28(23)13-5-12-24/h3-4,6-11H,2,5,12-18,24H2,1H3. The summed E-state index contributed by atoms with van der Waals surface area (Å²) in [5.74, 6) is 1.04. The van der Waals surface area contributed by atoms with Crippen molar-refractivity contribution < 1.29 is 0 Å². The Morgan fingerprint density at radius 3 is 2.36 bits per heavy atom. The van der Waals surface area contributed by atoms with Crippen molar-refractivity contribution >= 4 is 11.0 Å². The molecule has 1 aliphatic rings. The Hall–Kier alpha value is -2.21. The van der Waals surface area contributed by atoms with E-state index in [4.69, 9.17) is 10.7 Å². The minimum Gasteiger partial charge on any atom is -0.330 e. The van der Waals surface area contributed by atoms with Crippen molar-refractivity contribution in [2.45, 2.75) is 26.4 Å². The summed E-state index contributed by atoms with van der Waals surface area (Å²) in [7, 11) is 0. The molecule has 1 saturated heterocycles. The Kier molecular flexibility index (Phi) is 6.05. The third kappa shape index (κ3) is 4.12. The Morgan fingerprint density at radius 2 is 1.64 bits per heavy atom. The number of hydrogen-bond donors (Lipinski definition) is 1. The molecule has 1 aromatic heterocycles. The van der Waals surface area contributed by atoms with E-state index in [0.717, 1.165) is 50.5 Å². The molecule has 0 radical (unpaired) electrons. The highest BCUT2D eigenvalue weighted by Crippen LogP contribution is 2.25. The maximum atomic E-state index is 5.76. The monoisotopic (exact) mass is 377 g/mol. The van der Waals surface area contributed by atoms with E-state index >= 15 is 0 Å². The van der Waals surface area contributed by atoms with E-state index in [-0.39, 0.29) is 0 Å². The highest BCUT2D eigenvalue weighted by atomic mass is 15.3. The lowest BCUT2D eigenvalue weighted by molar-refractivity contribution is 0.132. The molecule has 3 aromatic rings. The van der Waals surface area contributed by atoms with Gasteiger partial charge in [-0.05, 0) is 37.2 Å². The number of imidazole rings is 1. The quantitative estimate of drug-likeness (QED) is 0.687. The molecule has 0 atom stereocenters. The first kappa shape index (κ1) is 19.1. The summed E-state index contributed by atoms with van der Waals surface area (Å²) < 4.78 is 2.31. The number of likely N-dealkylation sites (N-methyl/N-ethyl adjacent to an activating group) is 1. The Balaban J connectivity index is 1.52. The summed E-state index contributed by atoms with van der Waals surface area (Å²) in [6.45, 7) is 10.7.